The van der Waals surface area contributed by atoms with Crippen LogP contribution < -0.4 is 5.73 Å². The molecule has 16 heavy (non-hydrogen) atoms. The highest BCUT2D eigenvalue weighted by atomic mass is 35.5. The zero-order chi connectivity index (χ0) is 11.9. The fourth-order valence-corrected chi connectivity index (χ4v) is 1.63. The first-order valence-electron chi connectivity index (χ1n) is 4.54. The topological polar surface area (TPSA) is 61.7 Å². The number of nitrogens with two attached hydrogens (primary N) is 1. The number of aromatic nitrogens is 4. The van der Waals surface area contributed by atoms with Crippen LogP contribution in [0.1, 0.15) is 11.3 Å². The van der Waals surface area contributed by atoms with Crippen molar-refractivity contribution in [3.63, 3.8) is 0 Å². The van der Waals surface area contributed by atoms with E-state index in [0.29, 0.717) is 21.4 Å². The molecule has 0 aliphatic heterocycles. The third kappa shape index (κ3) is 1.70. The predicted octanol–water partition coefficient (Wildman–Crippen LogP) is 1.20. The summed E-state index contributed by atoms with van der Waals surface area (Å²) in [4.78, 5) is 0.301. The van der Waals surface area contributed by atoms with E-state index in [9.17, 15) is 0 Å². The number of nitrogens with zero attached hydrogens (tertiary/aromatic N) is 4. The van der Waals surface area contributed by atoms with Gasteiger partial charge in [-0.1, -0.05) is 23.8 Å². The Morgan fingerprint density at radius 2 is 2.25 bits per heavy atom. The van der Waals surface area contributed by atoms with Gasteiger partial charge in [0, 0.05) is 18.8 Å². The summed E-state index contributed by atoms with van der Waals surface area (Å²) in [6.45, 7) is 1.89. The van der Waals surface area contributed by atoms with Crippen molar-refractivity contribution in [2.45, 2.75) is 6.92 Å². The number of thiocarbonyl (C=S) groups is 1. The highest BCUT2D eigenvalue weighted by Gasteiger charge is 2.13. The molecule has 0 saturated heterocycles. The molecule has 2 rings (SSSR count). The number of aryl methyl sites for hydroxylation is 1. The second-order valence-electron chi connectivity index (χ2n) is 3.38. The summed E-state index contributed by atoms with van der Waals surface area (Å²) in [6, 6.07) is 0. The van der Waals surface area contributed by atoms with Crippen molar-refractivity contribution in [2.75, 3.05) is 0 Å². The Hall–Kier alpha value is -1.40. The molecule has 0 atom stereocenters. The van der Waals surface area contributed by atoms with Crippen molar-refractivity contribution in [3.8, 4) is 5.82 Å². The molecule has 0 unspecified atom stereocenters. The lowest BCUT2D eigenvalue weighted by molar-refractivity contribution is 0.713. The van der Waals surface area contributed by atoms with Gasteiger partial charge in [0.05, 0.1) is 11.9 Å². The summed E-state index contributed by atoms with van der Waals surface area (Å²) in [5.74, 6) is 0.573. The van der Waals surface area contributed by atoms with Crippen molar-refractivity contribution in [1.82, 2.24) is 19.6 Å². The summed E-state index contributed by atoms with van der Waals surface area (Å²) in [5.41, 5.74) is 7.07. The van der Waals surface area contributed by atoms with Crippen LogP contribution in [0, 0.1) is 6.92 Å². The van der Waals surface area contributed by atoms with Gasteiger partial charge in [0.25, 0.3) is 0 Å². The lowest BCUT2D eigenvalue weighted by Crippen LogP contribution is -2.07. The third-order valence-corrected chi connectivity index (χ3v) is 3.01. The second-order valence-corrected chi connectivity index (χ2v) is 4.20. The van der Waals surface area contributed by atoms with Gasteiger partial charge >= 0.3 is 0 Å². The Kier molecular flexibility index (Phi) is 2.69. The van der Waals surface area contributed by atoms with Crippen molar-refractivity contribution >= 4 is 28.8 Å². The van der Waals surface area contributed by atoms with E-state index >= 15 is 0 Å². The zero-order valence-electron chi connectivity index (χ0n) is 8.81. The Balaban J connectivity index is 2.50. The zero-order valence-corrected chi connectivity index (χ0v) is 10.4. The average Bonchev–Trinajstić information content (AvgIpc) is 2.79. The van der Waals surface area contributed by atoms with Gasteiger partial charge in [0.2, 0.25) is 0 Å². The Labute approximate surface area is 103 Å². The van der Waals surface area contributed by atoms with E-state index < -0.39 is 0 Å². The van der Waals surface area contributed by atoms with E-state index in [-0.39, 0.29) is 0 Å². The molecule has 0 aliphatic carbocycles. The number of hydrogen-bond acceptors (Lipinski definition) is 3. The first-order chi connectivity index (χ1) is 7.50. The highest BCUT2D eigenvalue weighted by molar-refractivity contribution is 7.80. The van der Waals surface area contributed by atoms with Crippen LogP contribution in [0.5, 0.6) is 0 Å². The van der Waals surface area contributed by atoms with Crippen molar-refractivity contribution < 1.29 is 0 Å². The minimum Gasteiger partial charge on any atom is -0.389 e. The Bertz CT molecular complexity index is 556. The van der Waals surface area contributed by atoms with Crippen LogP contribution in [-0.4, -0.2) is 24.5 Å². The van der Waals surface area contributed by atoms with Crippen LogP contribution in [0.25, 0.3) is 5.82 Å². The van der Waals surface area contributed by atoms with E-state index in [2.05, 4.69) is 10.2 Å². The van der Waals surface area contributed by atoms with Gasteiger partial charge in [-0.15, -0.1) is 0 Å². The largest absolute Gasteiger partial charge is 0.389 e. The number of halogens is 1. The Morgan fingerprint density at radius 1 is 1.56 bits per heavy atom. The van der Waals surface area contributed by atoms with Crippen LogP contribution in [0.4, 0.5) is 0 Å². The van der Waals surface area contributed by atoms with Crippen molar-refractivity contribution in [2.24, 2.45) is 12.8 Å². The minimum atomic E-state index is 0.301. The van der Waals surface area contributed by atoms with Gasteiger partial charge in [-0.05, 0) is 6.92 Å². The standard InChI is InChI=1S/C9H10ClN5S/c1-5-7(10)9(13-14(5)2)15-4-6(3-12-15)8(11)16/h3-4H,1-2H3,(H2,11,16). The van der Waals surface area contributed by atoms with E-state index in [1.54, 1.807) is 21.8 Å². The van der Waals surface area contributed by atoms with Gasteiger partial charge < -0.3 is 5.73 Å². The van der Waals surface area contributed by atoms with Crippen LogP contribution >= 0.6 is 23.8 Å². The first-order valence-corrected chi connectivity index (χ1v) is 5.33. The molecule has 0 radical (unpaired) electrons. The van der Waals surface area contributed by atoms with E-state index in [1.807, 2.05) is 14.0 Å². The quantitative estimate of drug-likeness (QED) is 0.820. The molecule has 0 aliphatic rings. The molecule has 2 aromatic rings. The van der Waals surface area contributed by atoms with Crippen LogP contribution in [0.2, 0.25) is 5.02 Å². The fraction of sp³-hybridized carbons (Fsp3) is 0.222. The fourth-order valence-electron chi connectivity index (χ4n) is 1.28. The monoisotopic (exact) mass is 255 g/mol. The summed E-state index contributed by atoms with van der Waals surface area (Å²) < 4.78 is 3.25. The number of hydrogen-bond donors (Lipinski definition) is 1. The lowest BCUT2D eigenvalue weighted by atomic mass is 10.4. The van der Waals surface area contributed by atoms with Gasteiger partial charge in [-0.3, -0.25) is 4.68 Å². The second kappa shape index (κ2) is 3.88. The van der Waals surface area contributed by atoms with Crippen molar-refractivity contribution in [3.05, 3.63) is 28.7 Å². The van der Waals surface area contributed by atoms with Gasteiger partial charge in [0.15, 0.2) is 5.82 Å². The maximum atomic E-state index is 6.13. The minimum absolute atomic E-state index is 0.301. The first kappa shape index (κ1) is 11.1. The predicted molar refractivity (Wildman–Crippen MR) is 66.0 cm³/mol. The summed E-state index contributed by atoms with van der Waals surface area (Å²) in [6.07, 6.45) is 3.29. The van der Waals surface area contributed by atoms with Gasteiger partial charge in [-0.2, -0.15) is 10.2 Å². The maximum Gasteiger partial charge on any atom is 0.194 e. The molecule has 0 amide bonds. The maximum absolute atomic E-state index is 6.13. The highest BCUT2D eigenvalue weighted by Crippen LogP contribution is 2.22. The molecule has 2 heterocycles. The molecule has 0 fully saturated rings. The molecule has 0 aromatic carbocycles. The van der Waals surface area contributed by atoms with Gasteiger partial charge in [0.1, 0.15) is 10.0 Å². The summed E-state index contributed by atoms with van der Waals surface area (Å²) >= 11 is 11.0. The van der Waals surface area contributed by atoms with Crippen molar-refractivity contribution in [1.29, 1.82) is 0 Å². The van der Waals surface area contributed by atoms with E-state index in [0.717, 1.165) is 5.69 Å². The average molecular weight is 256 g/mol. The molecule has 0 saturated carbocycles. The van der Waals surface area contributed by atoms with Crippen LogP contribution in [0.3, 0.4) is 0 Å². The third-order valence-electron chi connectivity index (χ3n) is 2.33. The lowest BCUT2D eigenvalue weighted by Gasteiger charge is -1.95. The van der Waals surface area contributed by atoms with E-state index in [1.165, 1.54) is 0 Å². The number of rotatable bonds is 2. The molecular formula is C9H10ClN5S. The Morgan fingerprint density at radius 3 is 2.69 bits per heavy atom. The molecule has 0 spiro atoms. The molecule has 84 valence electrons. The van der Waals surface area contributed by atoms with Crippen LogP contribution in [0.15, 0.2) is 12.4 Å². The van der Waals surface area contributed by atoms with E-state index in [4.69, 9.17) is 29.6 Å². The molecule has 2 N–H and O–H groups in total. The summed E-state index contributed by atoms with van der Waals surface area (Å²) in [5, 5.41) is 8.94. The smallest absolute Gasteiger partial charge is 0.194 e. The SMILES string of the molecule is Cc1c(Cl)c(-n2cc(C(N)=S)cn2)nn1C. The normalized spacial score (nSPS) is 10.7. The van der Waals surface area contributed by atoms with Gasteiger partial charge in [-0.25, -0.2) is 4.68 Å². The molecular weight excluding hydrogens is 246 g/mol. The molecule has 7 heteroatoms. The molecule has 5 nitrogen and oxygen atoms in total. The molecule has 2 aromatic heterocycles. The summed E-state index contributed by atoms with van der Waals surface area (Å²) in [7, 11) is 1.82. The van der Waals surface area contributed by atoms with Crippen LogP contribution in [-0.2, 0) is 7.05 Å². The molecule has 0 bridgehead atoms.